The van der Waals surface area contributed by atoms with Crippen molar-refractivity contribution in [3.8, 4) is 0 Å². The Morgan fingerprint density at radius 3 is 3.00 bits per heavy atom. The Kier molecular flexibility index (Phi) is 3.23. The van der Waals surface area contributed by atoms with E-state index in [2.05, 4.69) is 29.6 Å². The number of rotatable bonds is 3. The number of allylic oxidation sites excluding steroid dienone is 4. The van der Waals surface area contributed by atoms with Gasteiger partial charge in [0.15, 0.2) is 0 Å². The minimum atomic E-state index is 0.775. The summed E-state index contributed by atoms with van der Waals surface area (Å²) in [6, 6.07) is 0. The summed E-state index contributed by atoms with van der Waals surface area (Å²) < 4.78 is 0. The van der Waals surface area contributed by atoms with Crippen LogP contribution in [0.25, 0.3) is 0 Å². The van der Waals surface area contributed by atoms with Crippen LogP contribution < -0.4 is 5.32 Å². The van der Waals surface area contributed by atoms with Crippen LogP contribution in [0.15, 0.2) is 24.3 Å². The molecule has 1 heteroatoms. The lowest BCUT2D eigenvalue weighted by Gasteiger charge is -2.11. The predicted octanol–water partition coefficient (Wildman–Crippen LogP) is 1.73. The van der Waals surface area contributed by atoms with E-state index in [-0.39, 0.29) is 0 Å². The van der Waals surface area contributed by atoms with Crippen LogP contribution in [0.2, 0.25) is 0 Å². The quantitative estimate of drug-likeness (QED) is 0.624. The first-order chi connectivity index (χ1) is 4.93. The van der Waals surface area contributed by atoms with Gasteiger partial charge in [0.1, 0.15) is 0 Å². The highest BCUT2D eigenvalue weighted by molar-refractivity contribution is 5.10. The molecule has 0 heterocycles. The molecule has 1 aliphatic carbocycles. The molecular weight excluding hydrogens is 122 g/mol. The summed E-state index contributed by atoms with van der Waals surface area (Å²) in [5, 5.41) is 3.16. The molecule has 0 bridgehead atoms. The molecule has 0 amide bonds. The van der Waals surface area contributed by atoms with Crippen LogP contribution in [-0.2, 0) is 0 Å². The van der Waals surface area contributed by atoms with Crippen molar-refractivity contribution in [2.45, 2.75) is 12.8 Å². The van der Waals surface area contributed by atoms with Crippen LogP contribution in [-0.4, -0.2) is 13.6 Å². The molecule has 1 unspecified atom stereocenters. The van der Waals surface area contributed by atoms with Crippen molar-refractivity contribution >= 4 is 0 Å². The molecule has 0 saturated carbocycles. The van der Waals surface area contributed by atoms with Gasteiger partial charge in [-0.05, 0) is 32.4 Å². The third-order valence-corrected chi connectivity index (χ3v) is 1.83. The highest BCUT2D eigenvalue weighted by atomic mass is 14.8. The zero-order valence-corrected chi connectivity index (χ0v) is 6.51. The minimum absolute atomic E-state index is 0.775. The molecule has 1 rings (SSSR count). The lowest BCUT2D eigenvalue weighted by atomic mass is 9.97. The van der Waals surface area contributed by atoms with Crippen LogP contribution in [0.5, 0.6) is 0 Å². The van der Waals surface area contributed by atoms with Crippen molar-refractivity contribution in [1.29, 1.82) is 0 Å². The fourth-order valence-corrected chi connectivity index (χ4v) is 1.18. The maximum Gasteiger partial charge on any atom is -0.00462 e. The SMILES string of the molecule is CNCCC1C=CC=CC1. The second-order valence-corrected chi connectivity index (χ2v) is 2.70. The van der Waals surface area contributed by atoms with Gasteiger partial charge in [0.25, 0.3) is 0 Å². The first-order valence-electron chi connectivity index (χ1n) is 3.91. The second-order valence-electron chi connectivity index (χ2n) is 2.70. The topological polar surface area (TPSA) is 12.0 Å². The zero-order valence-electron chi connectivity index (χ0n) is 6.51. The largest absolute Gasteiger partial charge is 0.320 e. The Balaban J connectivity index is 2.17. The molecule has 0 aliphatic heterocycles. The molecule has 56 valence electrons. The van der Waals surface area contributed by atoms with Gasteiger partial charge in [-0.2, -0.15) is 0 Å². The van der Waals surface area contributed by atoms with Crippen molar-refractivity contribution in [2.75, 3.05) is 13.6 Å². The third kappa shape index (κ3) is 2.36. The average Bonchev–Trinajstić information content (AvgIpc) is 2.03. The van der Waals surface area contributed by atoms with Gasteiger partial charge < -0.3 is 5.32 Å². The van der Waals surface area contributed by atoms with Crippen molar-refractivity contribution < 1.29 is 0 Å². The molecule has 1 aliphatic rings. The van der Waals surface area contributed by atoms with E-state index >= 15 is 0 Å². The first kappa shape index (κ1) is 7.55. The normalized spacial score (nSPS) is 23.5. The molecule has 10 heavy (non-hydrogen) atoms. The van der Waals surface area contributed by atoms with E-state index in [0.717, 1.165) is 12.5 Å². The van der Waals surface area contributed by atoms with E-state index in [1.807, 2.05) is 7.05 Å². The number of hydrogen-bond acceptors (Lipinski definition) is 1. The Morgan fingerprint density at radius 1 is 1.50 bits per heavy atom. The lowest BCUT2D eigenvalue weighted by Crippen LogP contribution is -2.12. The van der Waals surface area contributed by atoms with Crippen molar-refractivity contribution in [3.05, 3.63) is 24.3 Å². The van der Waals surface area contributed by atoms with E-state index in [9.17, 15) is 0 Å². The fourth-order valence-electron chi connectivity index (χ4n) is 1.18. The summed E-state index contributed by atoms with van der Waals surface area (Å²) in [4.78, 5) is 0. The Bertz CT molecular complexity index is 136. The molecule has 0 aromatic heterocycles. The van der Waals surface area contributed by atoms with Gasteiger partial charge in [-0.3, -0.25) is 0 Å². The van der Waals surface area contributed by atoms with Gasteiger partial charge >= 0.3 is 0 Å². The molecule has 0 fully saturated rings. The fraction of sp³-hybridized carbons (Fsp3) is 0.556. The molecule has 1 nitrogen and oxygen atoms in total. The minimum Gasteiger partial charge on any atom is -0.320 e. The second kappa shape index (κ2) is 4.29. The van der Waals surface area contributed by atoms with E-state index in [0.29, 0.717) is 0 Å². The monoisotopic (exact) mass is 137 g/mol. The van der Waals surface area contributed by atoms with E-state index in [1.54, 1.807) is 0 Å². The highest BCUT2D eigenvalue weighted by Crippen LogP contribution is 2.14. The predicted molar refractivity (Wildman–Crippen MR) is 44.9 cm³/mol. The van der Waals surface area contributed by atoms with Gasteiger partial charge in [0, 0.05) is 0 Å². The molecule has 0 saturated heterocycles. The van der Waals surface area contributed by atoms with Crippen molar-refractivity contribution in [3.63, 3.8) is 0 Å². The summed E-state index contributed by atoms with van der Waals surface area (Å²) in [6.07, 6.45) is 11.3. The summed E-state index contributed by atoms with van der Waals surface area (Å²) in [6.45, 7) is 1.13. The molecule has 1 atom stereocenters. The summed E-state index contributed by atoms with van der Waals surface area (Å²) in [5.41, 5.74) is 0. The van der Waals surface area contributed by atoms with E-state index in [4.69, 9.17) is 0 Å². The molecule has 0 radical (unpaired) electrons. The lowest BCUT2D eigenvalue weighted by molar-refractivity contribution is 0.570. The van der Waals surface area contributed by atoms with Gasteiger partial charge in [-0.1, -0.05) is 24.3 Å². The Labute approximate surface area is 62.8 Å². The highest BCUT2D eigenvalue weighted by Gasteiger charge is 2.02. The van der Waals surface area contributed by atoms with Crippen LogP contribution in [0.1, 0.15) is 12.8 Å². The summed E-state index contributed by atoms with van der Waals surface area (Å²) in [5.74, 6) is 0.775. The van der Waals surface area contributed by atoms with Gasteiger partial charge in [-0.15, -0.1) is 0 Å². The molecule has 1 N–H and O–H groups in total. The van der Waals surface area contributed by atoms with Crippen LogP contribution in [0, 0.1) is 5.92 Å². The third-order valence-electron chi connectivity index (χ3n) is 1.83. The van der Waals surface area contributed by atoms with Crippen molar-refractivity contribution in [2.24, 2.45) is 5.92 Å². The molecule has 0 spiro atoms. The number of nitrogens with one attached hydrogen (secondary N) is 1. The van der Waals surface area contributed by atoms with Gasteiger partial charge in [-0.25, -0.2) is 0 Å². The molecular formula is C9H15N. The maximum atomic E-state index is 3.16. The zero-order chi connectivity index (χ0) is 7.23. The molecule has 0 aromatic rings. The van der Waals surface area contributed by atoms with Gasteiger partial charge in [0.05, 0.1) is 0 Å². The van der Waals surface area contributed by atoms with E-state index in [1.165, 1.54) is 12.8 Å². The summed E-state index contributed by atoms with van der Waals surface area (Å²) in [7, 11) is 2.00. The standard InChI is InChI=1S/C9H15N/c1-10-8-7-9-5-3-2-4-6-9/h2-5,9-10H,6-8H2,1H3. The molecule has 0 aromatic carbocycles. The van der Waals surface area contributed by atoms with Gasteiger partial charge in [0.2, 0.25) is 0 Å². The Hall–Kier alpha value is -0.560. The Morgan fingerprint density at radius 2 is 2.40 bits per heavy atom. The smallest absolute Gasteiger partial charge is 0.00462 e. The van der Waals surface area contributed by atoms with Crippen LogP contribution >= 0.6 is 0 Å². The summed E-state index contributed by atoms with van der Waals surface area (Å²) >= 11 is 0. The number of hydrogen-bond donors (Lipinski definition) is 1. The van der Waals surface area contributed by atoms with Crippen LogP contribution in [0.3, 0.4) is 0 Å². The first-order valence-corrected chi connectivity index (χ1v) is 3.91. The van der Waals surface area contributed by atoms with Crippen LogP contribution in [0.4, 0.5) is 0 Å². The van der Waals surface area contributed by atoms with Crippen molar-refractivity contribution in [1.82, 2.24) is 5.32 Å². The maximum absolute atomic E-state index is 3.16. The average molecular weight is 137 g/mol. The van der Waals surface area contributed by atoms with E-state index < -0.39 is 0 Å².